The number of carbonyl (C=O) groups is 1. The van der Waals surface area contributed by atoms with Crippen LogP contribution in [0.3, 0.4) is 0 Å². The van der Waals surface area contributed by atoms with Gasteiger partial charge in [-0.25, -0.2) is 4.98 Å². The molecule has 0 bridgehead atoms. The molecule has 1 aromatic heterocycles. The highest BCUT2D eigenvalue weighted by atomic mass is 35.5. The minimum Gasteiger partial charge on any atom is -0.277 e. The SMILES string of the molecule is CCn1c(NNC(=O)CCc2ccc(Cl)cc2)nc2ccccc2c1=O. The minimum absolute atomic E-state index is 0.143. The molecule has 2 N–H and O–H groups in total. The molecular weight excluding hydrogens is 352 g/mol. The topological polar surface area (TPSA) is 76.0 Å². The van der Waals surface area contributed by atoms with E-state index >= 15 is 0 Å². The van der Waals surface area contributed by atoms with Crippen LogP contribution in [0.5, 0.6) is 0 Å². The Bertz CT molecular complexity index is 983. The summed E-state index contributed by atoms with van der Waals surface area (Å²) in [7, 11) is 0. The van der Waals surface area contributed by atoms with Gasteiger partial charge in [0.15, 0.2) is 0 Å². The number of para-hydroxylation sites is 1. The van der Waals surface area contributed by atoms with Gasteiger partial charge in [0.25, 0.3) is 5.56 Å². The molecule has 1 amide bonds. The summed E-state index contributed by atoms with van der Waals surface area (Å²) in [4.78, 5) is 29.0. The average Bonchev–Trinajstić information content (AvgIpc) is 2.66. The zero-order chi connectivity index (χ0) is 18.5. The lowest BCUT2D eigenvalue weighted by atomic mass is 10.1. The van der Waals surface area contributed by atoms with Gasteiger partial charge in [-0.3, -0.25) is 25.0 Å². The maximum Gasteiger partial charge on any atom is 0.262 e. The van der Waals surface area contributed by atoms with Crippen LogP contribution in [0.4, 0.5) is 5.95 Å². The Labute approximate surface area is 155 Å². The van der Waals surface area contributed by atoms with Gasteiger partial charge in [-0.2, -0.15) is 0 Å². The molecule has 2 aromatic carbocycles. The average molecular weight is 371 g/mol. The fourth-order valence-electron chi connectivity index (χ4n) is 2.65. The first-order valence-corrected chi connectivity index (χ1v) is 8.75. The Morgan fingerprint density at radius 2 is 1.88 bits per heavy atom. The maximum atomic E-state index is 12.5. The highest BCUT2D eigenvalue weighted by Gasteiger charge is 2.10. The first kappa shape index (κ1) is 17.9. The van der Waals surface area contributed by atoms with Gasteiger partial charge in [0.2, 0.25) is 11.9 Å². The third-order valence-electron chi connectivity index (χ3n) is 4.05. The summed E-state index contributed by atoms with van der Waals surface area (Å²) in [5.41, 5.74) is 6.85. The fourth-order valence-corrected chi connectivity index (χ4v) is 2.78. The van der Waals surface area contributed by atoms with Gasteiger partial charge in [0, 0.05) is 18.0 Å². The highest BCUT2D eigenvalue weighted by Crippen LogP contribution is 2.12. The molecule has 0 atom stereocenters. The molecular formula is C19H19ClN4O2. The molecule has 26 heavy (non-hydrogen) atoms. The molecule has 0 fully saturated rings. The number of halogens is 1. The van der Waals surface area contributed by atoms with Gasteiger partial charge < -0.3 is 0 Å². The van der Waals surface area contributed by atoms with Crippen LogP contribution in [0.2, 0.25) is 5.02 Å². The van der Waals surface area contributed by atoms with Crippen molar-refractivity contribution < 1.29 is 4.79 Å². The van der Waals surface area contributed by atoms with Crippen molar-refractivity contribution >= 4 is 34.4 Å². The summed E-state index contributed by atoms with van der Waals surface area (Å²) in [6.07, 6.45) is 0.898. The van der Waals surface area contributed by atoms with Crippen LogP contribution in [-0.4, -0.2) is 15.5 Å². The van der Waals surface area contributed by atoms with Crippen LogP contribution >= 0.6 is 11.6 Å². The van der Waals surface area contributed by atoms with Crippen LogP contribution in [0.15, 0.2) is 53.3 Å². The molecule has 0 spiro atoms. The van der Waals surface area contributed by atoms with Gasteiger partial charge >= 0.3 is 0 Å². The van der Waals surface area contributed by atoms with Crippen molar-refractivity contribution in [2.75, 3.05) is 5.43 Å². The van der Waals surface area contributed by atoms with E-state index in [4.69, 9.17) is 11.6 Å². The summed E-state index contributed by atoms with van der Waals surface area (Å²) >= 11 is 5.85. The van der Waals surface area contributed by atoms with E-state index in [0.717, 1.165) is 5.56 Å². The number of anilines is 1. The molecule has 0 aliphatic rings. The molecule has 0 saturated heterocycles. The van der Waals surface area contributed by atoms with Crippen molar-refractivity contribution in [3.05, 3.63) is 69.5 Å². The summed E-state index contributed by atoms with van der Waals surface area (Å²) < 4.78 is 1.49. The Morgan fingerprint density at radius 3 is 2.62 bits per heavy atom. The van der Waals surface area contributed by atoms with Crippen molar-refractivity contribution in [2.45, 2.75) is 26.3 Å². The Kier molecular flexibility index (Phi) is 5.53. The molecule has 0 radical (unpaired) electrons. The van der Waals surface area contributed by atoms with E-state index < -0.39 is 0 Å². The molecule has 7 heteroatoms. The van der Waals surface area contributed by atoms with Crippen LogP contribution in [0, 0.1) is 0 Å². The highest BCUT2D eigenvalue weighted by molar-refractivity contribution is 6.30. The van der Waals surface area contributed by atoms with Crippen molar-refractivity contribution in [2.24, 2.45) is 0 Å². The Morgan fingerprint density at radius 1 is 1.15 bits per heavy atom. The lowest BCUT2D eigenvalue weighted by Gasteiger charge is -2.14. The van der Waals surface area contributed by atoms with E-state index in [2.05, 4.69) is 15.8 Å². The van der Waals surface area contributed by atoms with Crippen molar-refractivity contribution in [1.29, 1.82) is 0 Å². The lowest BCUT2D eigenvalue weighted by Crippen LogP contribution is -2.34. The smallest absolute Gasteiger partial charge is 0.262 e. The number of aromatic nitrogens is 2. The van der Waals surface area contributed by atoms with Crippen LogP contribution < -0.4 is 16.4 Å². The molecule has 0 aliphatic carbocycles. The normalized spacial score (nSPS) is 10.7. The van der Waals surface area contributed by atoms with Crippen LogP contribution in [0.25, 0.3) is 10.9 Å². The maximum absolute atomic E-state index is 12.5. The number of carbonyl (C=O) groups excluding carboxylic acids is 1. The number of hydrogen-bond acceptors (Lipinski definition) is 4. The number of amides is 1. The standard InChI is InChI=1S/C19H19ClN4O2/c1-2-24-18(26)15-5-3-4-6-16(15)21-19(24)23-22-17(25)12-9-13-7-10-14(20)11-8-13/h3-8,10-11H,2,9,12H2,1H3,(H,21,23)(H,22,25). The Balaban J connectivity index is 1.68. The number of fused-ring (bicyclic) bond motifs is 1. The van der Waals surface area contributed by atoms with E-state index in [1.165, 1.54) is 4.57 Å². The predicted molar refractivity (Wildman–Crippen MR) is 103 cm³/mol. The molecule has 0 unspecified atom stereocenters. The summed E-state index contributed by atoms with van der Waals surface area (Å²) in [5, 5.41) is 1.22. The number of rotatable bonds is 6. The van der Waals surface area contributed by atoms with Crippen LogP contribution in [-0.2, 0) is 17.8 Å². The molecule has 0 saturated carbocycles. The second-order valence-corrected chi connectivity index (χ2v) is 6.24. The predicted octanol–water partition coefficient (Wildman–Crippen LogP) is 3.15. The van der Waals surface area contributed by atoms with Crippen molar-refractivity contribution in [3.8, 4) is 0 Å². The number of hydrazine groups is 1. The first-order valence-electron chi connectivity index (χ1n) is 8.37. The van der Waals surface area contributed by atoms with Gasteiger partial charge in [-0.05, 0) is 43.2 Å². The molecule has 134 valence electrons. The quantitative estimate of drug-likeness (QED) is 0.653. The second kappa shape index (κ2) is 8.01. The molecule has 0 aliphatic heterocycles. The molecule has 6 nitrogen and oxygen atoms in total. The van der Waals surface area contributed by atoms with Gasteiger partial charge in [0.1, 0.15) is 0 Å². The third-order valence-corrected chi connectivity index (χ3v) is 4.30. The molecule has 1 heterocycles. The van der Waals surface area contributed by atoms with E-state index in [1.807, 2.05) is 25.1 Å². The number of hydrogen-bond donors (Lipinski definition) is 2. The van der Waals surface area contributed by atoms with E-state index in [1.54, 1.807) is 30.3 Å². The van der Waals surface area contributed by atoms with E-state index in [-0.39, 0.29) is 11.5 Å². The minimum atomic E-state index is -0.190. The van der Waals surface area contributed by atoms with Crippen molar-refractivity contribution in [3.63, 3.8) is 0 Å². The second-order valence-electron chi connectivity index (χ2n) is 5.80. The summed E-state index contributed by atoms with van der Waals surface area (Å²) in [6.45, 7) is 2.30. The summed E-state index contributed by atoms with van der Waals surface area (Å²) in [5.74, 6) is 0.126. The Hall–Kier alpha value is -2.86. The number of aryl methyl sites for hydroxylation is 1. The first-order chi connectivity index (χ1) is 12.6. The monoisotopic (exact) mass is 370 g/mol. The van der Waals surface area contributed by atoms with E-state index in [9.17, 15) is 9.59 Å². The van der Waals surface area contributed by atoms with Crippen molar-refractivity contribution in [1.82, 2.24) is 15.0 Å². The number of nitrogens with zero attached hydrogens (tertiary/aromatic N) is 2. The third kappa shape index (κ3) is 4.03. The van der Waals surface area contributed by atoms with Gasteiger partial charge in [0.05, 0.1) is 10.9 Å². The van der Waals surface area contributed by atoms with E-state index in [0.29, 0.717) is 41.3 Å². The summed E-state index contributed by atoms with van der Waals surface area (Å²) in [6, 6.07) is 14.5. The number of nitrogens with one attached hydrogen (secondary N) is 2. The lowest BCUT2D eigenvalue weighted by molar-refractivity contribution is -0.120. The zero-order valence-electron chi connectivity index (χ0n) is 14.3. The fraction of sp³-hybridized carbons (Fsp3) is 0.211. The largest absolute Gasteiger partial charge is 0.277 e. The number of benzene rings is 2. The zero-order valence-corrected chi connectivity index (χ0v) is 15.1. The molecule has 3 aromatic rings. The van der Waals surface area contributed by atoms with Crippen LogP contribution in [0.1, 0.15) is 18.9 Å². The van der Waals surface area contributed by atoms with Gasteiger partial charge in [-0.1, -0.05) is 35.9 Å². The van der Waals surface area contributed by atoms with Gasteiger partial charge in [-0.15, -0.1) is 0 Å². The molecule has 3 rings (SSSR count).